The molecule has 3 aliphatic rings. The zero-order valence-electron chi connectivity index (χ0n) is 15.1. The summed E-state index contributed by atoms with van der Waals surface area (Å²) in [4.78, 5) is 12.9. The first kappa shape index (κ1) is 17.4. The van der Waals surface area contributed by atoms with Gasteiger partial charge in [-0.25, -0.2) is 0 Å². The highest BCUT2D eigenvalue weighted by Crippen LogP contribution is 2.48. The van der Waals surface area contributed by atoms with E-state index in [-0.39, 0.29) is 23.0 Å². The van der Waals surface area contributed by atoms with E-state index in [1.54, 1.807) is 0 Å². The summed E-state index contributed by atoms with van der Waals surface area (Å²) in [6, 6.07) is 8.51. The number of benzene rings is 1. The Morgan fingerprint density at radius 3 is 2.42 bits per heavy atom. The minimum absolute atomic E-state index is 0.00805. The van der Waals surface area contributed by atoms with Gasteiger partial charge in [0.15, 0.2) is 0 Å². The van der Waals surface area contributed by atoms with Crippen molar-refractivity contribution in [1.29, 1.82) is 0 Å². The van der Waals surface area contributed by atoms with Crippen molar-refractivity contribution in [3.8, 4) is 0 Å². The van der Waals surface area contributed by atoms with E-state index < -0.39 is 0 Å². The summed E-state index contributed by atoms with van der Waals surface area (Å²) < 4.78 is 5.99. The van der Waals surface area contributed by atoms with Crippen LogP contribution in [0.15, 0.2) is 24.3 Å². The summed E-state index contributed by atoms with van der Waals surface area (Å²) in [5.41, 5.74) is 7.80. The molecule has 1 unspecified atom stereocenters. The minimum atomic E-state index is -0.360. The highest BCUT2D eigenvalue weighted by Gasteiger charge is 2.53. The summed E-state index contributed by atoms with van der Waals surface area (Å²) in [6.07, 6.45) is 3.56. The molecule has 1 aliphatic carbocycles. The van der Waals surface area contributed by atoms with Crippen LogP contribution in [-0.2, 0) is 9.53 Å². The lowest BCUT2D eigenvalue weighted by Crippen LogP contribution is -2.59. The molecular weight excluding hydrogens is 300 g/mol. The Bertz CT molecular complexity index is 587. The highest BCUT2D eigenvalue weighted by molar-refractivity contribution is 5.83. The predicted octanol–water partition coefficient (Wildman–Crippen LogP) is 3.28. The van der Waals surface area contributed by atoms with Crippen molar-refractivity contribution < 1.29 is 9.53 Å². The first-order valence-electron chi connectivity index (χ1n) is 9.15. The first-order chi connectivity index (χ1) is 11.4. The molecule has 1 amide bonds. The number of carbonyl (C=O) groups excluding carboxylic acids is 1. The average molecular weight is 330 g/mol. The maximum atomic E-state index is 12.9. The van der Waals surface area contributed by atoms with Crippen molar-refractivity contribution in [2.24, 2.45) is 11.1 Å². The van der Waals surface area contributed by atoms with E-state index in [1.807, 2.05) is 0 Å². The number of nitrogens with two attached hydrogens (primary N) is 1. The zero-order valence-corrected chi connectivity index (χ0v) is 15.1. The fraction of sp³-hybridized carbons (Fsp3) is 0.650. The Labute approximate surface area is 145 Å². The van der Waals surface area contributed by atoms with Gasteiger partial charge in [0.05, 0.1) is 23.7 Å². The monoisotopic (exact) mass is 330 g/mol. The fourth-order valence-electron chi connectivity index (χ4n) is 3.94. The van der Waals surface area contributed by atoms with Gasteiger partial charge in [-0.15, -0.1) is 0 Å². The minimum Gasteiger partial charge on any atom is -0.373 e. The maximum Gasteiger partial charge on any atom is 0.229 e. The summed E-state index contributed by atoms with van der Waals surface area (Å²) in [7, 11) is 0. The van der Waals surface area contributed by atoms with Crippen LogP contribution in [0.2, 0.25) is 0 Å². The molecule has 3 fully saturated rings. The van der Waals surface area contributed by atoms with Gasteiger partial charge < -0.3 is 15.8 Å². The van der Waals surface area contributed by atoms with Crippen LogP contribution < -0.4 is 11.1 Å². The highest BCUT2D eigenvalue weighted by atomic mass is 16.5. The summed E-state index contributed by atoms with van der Waals surface area (Å²) >= 11 is 0. The number of carbonyl (C=O) groups is 1. The van der Waals surface area contributed by atoms with Crippen LogP contribution in [0.1, 0.15) is 69.5 Å². The van der Waals surface area contributed by atoms with E-state index in [4.69, 9.17) is 10.5 Å². The Kier molecular flexibility index (Phi) is 4.71. The third kappa shape index (κ3) is 3.09. The molecule has 1 aromatic carbocycles. The number of hydrogen-bond acceptors (Lipinski definition) is 3. The molecule has 1 aromatic rings. The molecule has 0 spiro atoms. The van der Waals surface area contributed by atoms with Gasteiger partial charge in [0.1, 0.15) is 0 Å². The summed E-state index contributed by atoms with van der Waals surface area (Å²) in [6.45, 7) is 7.50. The van der Waals surface area contributed by atoms with Gasteiger partial charge in [-0.1, -0.05) is 38.1 Å². The number of rotatable bonds is 5. The molecule has 132 valence electrons. The second-order valence-corrected chi connectivity index (χ2v) is 7.98. The van der Waals surface area contributed by atoms with E-state index in [9.17, 15) is 4.79 Å². The molecule has 2 heterocycles. The van der Waals surface area contributed by atoms with Crippen LogP contribution in [0.4, 0.5) is 0 Å². The molecule has 1 atom stereocenters. The molecule has 0 radical (unpaired) electrons. The molecule has 2 bridgehead atoms. The topological polar surface area (TPSA) is 64.4 Å². The standard InChI is InChI=1S/C20H30N2O2/c1-14(2)16-5-4-6-17(11-16)15(3)22-18(23)19-7-9-20(12-21,10-8-19)24-13-19/h4-6,11,14-15H,7-10,12-13,21H2,1-3H3,(H,22,23). The third-order valence-corrected chi connectivity index (χ3v) is 6.05. The Balaban J connectivity index is 1.68. The summed E-state index contributed by atoms with van der Waals surface area (Å²) in [5.74, 6) is 0.621. The summed E-state index contributed by atoms with van der Waals surface area (Å²) in [5, 5.41) is 3.23. The number of nitrogens with one attached hydrogen (secondary N) is 1. The zero-order chi connectivity index (χ0) is 17.4. The molecular formula is C20H30N2O2. The smallest absolute Gasteiger partial charge is 0.229 e. The molecule has 1 saturated carbocycles. The SMILES string of the molecule is CC(C)c1cccc(C(C)NC(=O)C23CCC(CN)(CC2)OC3)c1. The molecule has 24 heavy (non-hydrogen) atoms. The van der Waals surface area contributed by atoms with E-state index in [0.717, 1.165) is 31.2 Å². The van der Waals surface area contributed by atoms with Crippen molar-refractivity contribution in [1.82, 2.24) is 5.32 Å². The number of hydrogen-bond donors (Lipinski definition) is 2. The van der Waals surface area contributed by atoms with Gasteiger partial charge >= 0.3 is 0 Å². The van der Waals surface area contributed by atoms with Crippen molar-refractivity contribution in [3.05, 3.63) is 35.4 Å². The van der Waals surface area contributed by atoms with Crippen LogP contribution >= 0.6 is 0 Å². The van der Waals surface area contributed by atoms with Crippen molar-refractivity contribution in [2.75, 3.05) is 13.2 Å². The quantitative estimate of drug-likeness (QED) is 0.871. The molecule has 4 rings (SSSR count). The third-order valence-electron chi connectivity index (χ3n) is 6.05. The van der Waals surface area contributed by atoms with Gasteiger partial charge in [0, 0.05) is 6.54 Å². The van der Waals surface area contributed by atoms with E-state index >= 15 is 0 Å². The lowest BCUT2D eigenvalue weighted by molar-refractivity contribution is -0.187. The molecule has 4 heteroatoms. The number of amides is 1. The van der Waals surface area contributed by atoms with Crippen molar-refractivity contribution in [2.45, 2.75) is 64.0 Å². The van der Waals surface area contributed by atoms with Crippen molar-refractivity contribution >= 4 is 5.91 Å². The van der Waals surface area contributed by atoms with Crippen LogP contribution in [0.5, 0.6) is 0 Å². The van der Waals surface area contributed by atoms with E-state index in [0.29, 0.717) is 19.1 Å². The van der Waals surface area contributed by atoms with E-state index in [1.165, 1.54) is 5.56 Å². The normalized spacial score (nSPS) is 30.4. The predicted molar refractivity (Wildman–Crippen MR) is 95.7 cm³/mol. The first-order valence-corrected chi connectivity index (χ1v) is 9.15. The van der Waals surface area contributed by atoms with E-state index in [2.05, 4.69) is 50.4 Å². The lowest BCUT2D eigenvalue weighted by atomic mass is 9.65. The largest absolute Gasteiger partial charge is 0.373 e. The second kappa shape index (κ2) is 6.49. The van der Waals surface area contributed by atoms with Crippen LogP contribution in [0.25, 0.3) is 0 Å². The lowest BCUT2D eigenvalue weighted by Gasteiger charge is -2.51. The fourth-order valence-corrected chi connectivity index (χ4v) is 3.94. The number of ether oxygens (including phenoxy) is 1. The second-order valence-electron chi connectivity index (χ2n) is 7.98. The van der Waals surface area contributed by atoms with Crippen molar-refractivity contribution in [3.63, 3.8) is 0 Å². The molecule has 3 N–H and O–H groups in total. The van der Waals surface area contributed by atoms with Crippen LogP contribution in [0, 0.1) is 5.41 Å². The van der Waals surface area contributed by atoms with Gasteiger partial charge in [0.2, 0.25) is 5.91 Å². The van der Waals surface area contributed by atoms with Gasteiger partial charge in [-0.3, -0.25) is 4.79 Å². The van der Waals surface area contributed by atoms with Crippen LogP contribution in [0.3, 0.4) is 0 Å². The molecule has 2 aliphatic heterocycles. The number of fused-ring (bicyclic) bond motifs is 3. The maximum absolute atomic E-state index is 12.9. The Hall–Kier alpha value is -1.39. The molecule has 4 nitrogen and oxygen atoms in total. The Morgan fingerprint density at radius 1 is 1.21 bits per heavy atom. The van der Waals surface area contributed by atoms with Gasteiger partial charge in [0.25, 0.3) is 0 Å². The Morgan fingerprint density at radius 2 is 1.88 bits per heavy atom. The molecule has 0 aromatic heterocycles. The van der Waals surface area contributed by atoms with Crippen LogP contribution in [-0.4, -0.2) is 24.7 Å². The average Bonchev–Trinajstić information content (AvgIpc) is 2.63. The van der Waals surface area contributed by atoms with Gasteiger partial charge in [-0.05, 0) is 49.7 Å². The molecule has 2 saturated heterocycles. The van der Waals surface area contributed by atoms with Gasteiger partial charge in [-0.2, -0.15) is 0 Å².